The number of carbonyl (C=O) groups excluding carboxylic acids is 2. The monoisotopic (exact) mass is 658 g/mol. The largest absolute Gasteiger partial charge is 0.354 e. The van der Waals surface area contributed by atoms with Crippen LogP contribution in [-0.4, -0.2) is 30.9 Å². The van der Waals surface area contributed by atoms with Gasteiger partial charge in [-0.1, -0.05) is 187 Å². The topological polar surface area (TPSA) is 84.2 Å². The molecule has 270 valence electrons. The number of hydrogen-bond acceptors (Lipinski definition) is 3. The number of rotatable bonds is 36. The van der Waals surface area contributed by atoms with Crippen LogP contribution in [0.5, 0.6) is 0 Å². The standard InChI is InChI=1S/C39H79N3O2.ClH/c1-3-5-7-9-11-13-15-16-17-18-19-20-21-22-23-24-26-28-30-34-38(43)42-37(33-32-35-40)39(44)41-36-31-29-27-25-14-12-10-8-6-4-2;/h37H,3-36,40H2,1-2H3,(H,41,44)(H,42,43);1H. The molecule has 4 N–H and O–H groups in total. The number of hydrogen-bond donors (Lipinski definition) is 3. The molecule has 0 radical (unpaired) electrons. The molecule has 0 rings (SSSR count). The van der Waals surface area contributed by atoms with Crippen LogP contribution >= 0.6 is 12.4 Å². The van der Waals surface area contributed by atoms with E-state index in [0.29, 0.717) is 25.9 Å². The van der Waals surface area contributed by atoms with Gasteiger partial charge < -0.3 is 16.4 Å². The van der Waals surface area contributed by atoms with E-state index in [9.17, 15) is 9.59 Å². The van der Waals surface area contributed by atoms with Gasteiger partial charge in [-0.2, -0.15) is 0 Å². The van der Waals surface area contributed by atoms with E-state index >= 15 is 0 Å². The smallest absolute Gasteiger partial charge is 0.242 e. The first-order chi connectivity index (χ1) is 21.7. The highest BCUT2D eigenvalue weighted by Crippen LogP contribution is 2.15. The molecule has 0 aromatic carbocycles. The van der Waals surface area contributed by atoms with Crippen LogP contribution < -0.4 is 16.4 Å². The molecule has 0 aliphatic carbocycles. The fraction of sp³-hybridized carbons (Fsp3) is 0.949. The van der Waals surface area contributed by atoms with Crippen molar-refractivity contribution in [2.24, 2.45) is 5.73 Å². The molecule has 0 aromatic rings. The second kappa shape index (κ2) is 39.4. The van der Waals surface area contributed by atoms with E-state index < -0.39 is 6.04 Å². The fourth-order valence-corrected chi connectivity index (χ4v) is 6.17. The number of nitrogens with two attached hydrogens (primary N) is 1. The van der Waals surface area contributed by atoms with Crippen LogP contribution in [0.1, 0.15) is 219 Å². The summed E-state index contributed by atoms with van der Waals surface area (Å²) in [6.45, 7) is 5.79. The molecule has 0 saturated carbocycles. The summed E-state index contributed by atoms with van der Waals surface area (Å²) < 4.78 is 0. The van der Waals surface area contributed by atoms with Crippen molar-refractivity contribution < 1.29 is 9.59 Å². The number of carbonyl (C=O) groups is 2. The average Bonchev–Trinajstić information content (AvgIpc) is 3.02. The predicted molar refractivity (Wildman–Crippen MR) is 200 cm³/mol. The maximum absolute atomic E-state index is 12.7. The normalized spacial score (nSPS) is 11.7. The Bertz CT molecular complexity index is 605. The highest BCUT2D eigenvalue weighted by atomic mass is 35.5. The minimum absolute atomic E-state index is 0. The molecule has 5 nitrogen and oxygen atoms in total. The lowest BCUT2D eigenvalue weighted by atomic mass is 10.0. The SMILES string of the molecule is CCCCCCCCCCCCCCCCCCCCCC(=O)NC(CCCN)C(=O)NCCCCCCCCCCCC.Cl. The lowest BCUT2D eigenvalue weighted by Gasteiger charge is -2.18. The van der Waals surface area contributed by atoms with Gasteiger partial charge in [-0.25, -0.2) is 0 Å². The molecule has 0 saturated heterocycles. The minimum Gasteiger partial charge on any atom is -0.354 e. The molecule has 1 atom stereocenters. The molecule has 6 heteroatoms. The van der Waals surface area contributed by atoms with Gasteiger partial charge in [-0.3, -0.25) is 9.59 Å². The summed E-state index contributed by atoms with van der Waals surface area (Å²) in [7, 11) is 0. The molecule has 0 spiro atoms. The summed E-state index contributed by atoms with van der Waals surface area (Å²) in [5, 5.41) is 6.05. The highest BCUT2D eigenvalue weighted by molar-refractivity contribution is 5.87. The van der Waals surface area contributed by atoms with Gasteiger partial charge in [-0.05, 0) is 32.2 Å². The van der Waals surface area contributed by atoms with E-state index in [1.807, 2.05) is 0 Å². The Morgan fingerprint density at radius 1 is 0.489 bits per heavy atom. The van der Waals surface area contributed by atoms with Crippen LogP contribution in [0.15, 0.2) is 0 Å². The highest BCUT2D eigenvalue weighted by Gasteiger charge is 2.19. The molecule has 0 heterocycles. The molecule has 45 heavy (non-hydrogen) atoms. The summed E-state index contributed by atoms with van der Waals surface area (Å²) in [5.41, 5.74) is 5.69. The number of unbranched alkanes of at least 4 members (excludes halogenated alkanes) is 27. The minimum atomic E-state index is -0.450. The van der Waals surface area contributed by atoms with Crippen molar-refractivity contribution in [1.82, 2.24) is 10.6 Å². The second-order valence-corrected chi connectivity index (χ2v) is 13.6. The maximum Gasteiger partial charge on any atom is 0.242 e. The van der Waals surface area contributed by atoms with E-state index in [0.717, 1.165) is 32.1 Å². The van der Waals surface area contributed by atoms with E-state index in [-0.39, 0.29) is 24.2 Å². The molecular formula is C39H80ClN3O2. The third-order valence-electron chi connectivity index (χ3n) is 9.19. The zero-order valence-corrected chi connectivity index (χ0v) is 31.2. The molecule has 0 bridgehead atoms. The van der Waals surface area contributed by atoms with Crippen molar-refractivity contribution in [2.75, 3.05) is 13.1 Å². The molecule has 2 amide bonds. The first-order valence-corrected chi connectivity index (χ1v) is 19.9. The van der Waals surface area contributed by atoms with Gasteiger partial charge in [0.2, 0.25) is 11.8 Å². The zero-order chi connectivity index (χ0) is 32.2. The van der Waals surface area contributed by atoms with Crippen LogP contribution in [0.4, 0.5) is 0 Å². The van der Waals surface area contributed by atoms with Gasteiger partial charge >= 0.3 is 0 Å². The Morgan fingerprint density at radius 2 is 0.822 bits per heavy atom. The van der Waals surface area contributed by atoms with Gasteiger partial charge in [0.25, 0.3) is 0 Å². The van der Waals surface area contributed by atoms with Crippen molar-refractivity contribution in [2.45, 2.75) is 225 Å². The van der Waals surface area contributed by atoms with Crippen molar-refractivity contribution in [3.63, 3.8) is 0 Å². The Balaban J connectivity index is 0. The molecule has 0 aromatic heterocycles. The first-order valence-electron chi connectivity index (χ1n) is 19.9. The van der Waals surface area contributed by atoms with Gasteiger partial charge in [0.15, 0.2) is 0 Å². The van der Waals surface area contributed by atoms with Gasteiger partial charge in [0, 0.05) is 13.0 Å². The molecular weight excluding hydrogens is 578 g/mol. The van der Waals surface area contributed by atoms with Gasteiger partial charge in [-0.15, -0.1) is 12.4 Å². The zero-order valence-electron chi connectivity index (χ0n) is 30.4. The Labute approximate surface area is 288 Å². The van der Waals surface area contributed by atoms with E-state index in [1.54, 1.807) is 0 Å². The number of halogens is 1. The fourth-order valence-electron chi connectivity index (χ4n) is 6.17. The van der Waals surface area contributed by atoms with Crippen molar-refractivity contribution in [3.8, 4) is 0 Å². The van der Waals surface area contributed by atoms with Crippen LogP contribution in [0.3, 0.4) is 0 Å². The summed E-state index contributed by atoms with van der Waals surface area (Å²) in [4.78, 5) is 25.3. The third kappa shape index (κ3) is 35.9. The van der Waals surface area contributed by atoms with Crippen LogP contribution in [-0.2, 0) is 9.59 Å². The van der Waals surface area contributed by atoms with Gasteiger partial charge in [0.1, 0.15) is 6.04 Å². The first kappa shape index (κ1) is 46.3. The Hall–Kier alpha value is -0.810. The summed E-state index contributed by atoms with van der Waals surface area (Å²) in [6, 6.07) is -0.450. The number of nitrogens with one attached hydrogen (secondary N) is 2. The lowest BCUT2D eigenvalue weighted by molar-refractivity contribution is -0.129. The van der Waals surface area contributed by atoms with Crippen molar-refractivity contribution >= 4 is 24.2 Å². The van der Waals surface area contributed by atoms with E-state index in [2.05, 4.69) is 24.5 Å². The van der Waals surface area contributed by atoms with E-state index in [1.165, 1.54) is 161 Å². The predicted octanol–water partition coefficient (Wildman–Crippen LogP) is 11.5. The Kier molecular flexibility index (Phi) is 40.5. The van der Waals surface area contributed by atoms with Crippen molar-refractivity contribution in [1.29, 1.82) is 0 Å². The van der Waals surface area contributed by atoms with Crippen LogP contribution in [0, 0.1) is 0 Å². The van der Waals surface area contributed by atoms with Crippen molar-refractivity contribution in [3.05, 3.63) is 0 Å². The molecule has 0 aliphatic rings. The summed E-state index contributed by atoms with van der Waals surface area (Å²) in [6.07, 6.45) is 40.4. The van der Waals surface area contributed by atoms with Crippen LogP contribution in [0.2, 0.25) is 0 Å². The van der Waals surface area contributed by atoms with E-state index in [4.69, 9.17) is 5.73 Å². The van der Waals surface area contributed by atoms with Gasteiger partial charge in [0.05, 0.1) is 0 Å². The quantitative estimate of drug-likeness (QED) is 0.0586. The summed E-state index contributed by atoms with van der Waals surface area (Å²) in [5.74, 6) is -0.0380. The molecule has 1 unspecified atom stereocenters. The number of amides is 2. The third-order valence-corrected chi connectivity index (χ3v) is 9.19. The molecule has 0 fully saturated rings. The Morgan fingerprint density at radius 3 is 1.18 bits per heavy atom. The van der Waals surface area contributed by atoms with Crippen LogP contribution in [0.25, 0.3) is 0 Å². The maximum atomic E-state index is 12.7. The second-order valence-electron chi connectivity index (χ2n) is 13.6. The molecule has 0 aliphatic heterocycles. The average molecular weight is 659 g/mol. The lowest BCUT2D eigenvalue weighted by Crippen LogP contribution is -2.47. The summed E-state index contributed by atoms with van der Waals surface area (Å²) >= 11 is 0.